The van der Waals surface area contributed by atoms with Gasteiger partial charge in [0.1, 0.15) is 19.6 Å². The topological polar surface area (TPSA) is 0 Å². The van der Waals surface area contributed by atoms with Crippen LogP contribution < -0.4 is 0 Å². The maximum atomic E-state index is 5.54. The van der Waals surface area contributed by atoms with E-state index in [4.69, 9.17) is 6.42 Å². The third-order valence-corrected chi connectivity index (χ3v) is 3.35. The Morgan fingerprint density at radius 2 is 1.52 bits per heavy atom. The van der Waals surface area contributed by atoms with Gasteiger partial charge in [-0.2, -0.15) is 0 Å². The first-order valence-corrected chi connectivity index (χ1v) is 7.07. The van der Waals surface area contributed by atoms with Crippen molar-refractivity contribution in [1.82, 2.24) is 0 Å². The Balaban J connectivity index is 2.08. The molecule has 1 heteroatoms. The van der Waals surface area contributed by atoms with Gasteiger partial charge in [0.2, 0.25) is 0 Å². The van der Waals surface area contributed by atoms with Crippen LogP contribution in [0, 0.1) is 24.2 Å². The maximum Gasteiger partial charge on any atom is 0.142 e. The molecule has 0 saturated heterocycles. The SMILES string of the molecule is C#CC[N@+](C)(CC#Cc1ccccc1)Cc1ccccc1. The molecule has 1 atom stereocenters. The minimum atomic E-state index is 0.679. The Bertz CT molecular complexity index is 656. The van der Waals surface area contributed by atoms with Gasteiger partial charge < -0.3 is 4.48 Å². The first kappa shape index (κ1) is 14.9. The highest BCUT2D eigenvalue weighted by atomic mass is 15.3. The number of nitrogens with zero attached hydrogens (tertiary/aromatic N) is 1. The second-order valence-corrected chi connectivity index (χ2v) is 5.45. The fourth-order valence-corrected chi connectivity index (χ4v) is 2.27. The summed E-state index contributed by atoms with van der Waals surface area (Å²) in [5, 5.41) is 0. The molecule has 0 aliphatic rings. The van der Waals surface area contributed by atoms with Gasteiger partial charge in [-0.05, 0) is 24.0 Å². The van der Waals surface area contributed by atoms with Crippen molar-refractivity contribution in [2.45, 2.75) is 6.54 Å². The van der Waals surface area contributed by atoms with Crippen LogP contribution in [0.15, 0.2) is 60.7 Å². The summed E-state index contributed by atoms with van der Waals surface area (Å²) in [6.45, 7) is 2.32. The lowest BCUT2D eigenvalue weighted by molar-refractivity contribution is -0.909. The number of quaternary nitrogens is 1. The molecule has 0 amide bonds. The monoisotopic (exact) mass is 274 g/mol. The molecule has 0 radical (unpaired) electrons. The lowest BCUT2D eigenvalue weighted by Gasteiger charge is -2.30. The van der Waals surface area contributed by atoms with E-state index >= 15 is 0 Å². The van der Waals surface area contributed by atoms with Gasteiger partial charge in [0.15, 0.2) is 0 Å². The zero-order valence-electron chi connectivity index (χ0n) is 12.4. The van der Waals surface area contributed by atoms with Crippen molar-refractivity contribution in [2.24, 2.45) is 0 Å². The minimum absolute atomic E-state index is 0.679. The lowest BCUT2D eigenvalue weighted by Crippen LogP contribution is -2.43. The Kier molecular flexibility index (Phi) is 5.22. The molecule has 0 saturated carbocycles. The van der Waals surface area contributed by atoms with Gasteiger partial charge in [-0.15, -0.1) is 6.42 Å². The van der Waals surface area contributed by atoms with Gasteiger partial charge in [0.25, 0.3) is 0 Å². The molecule has 0 aliphatic heterocycles. The van der Waals surface area contributed by atoms with Gasteiger partial charge in [0.05, 0.1) is 7.05 Å². The fourth-order valence-electron chi connectivity index (χ4n) is 2.27. The van der Waals surface area contributed by atoms with Gasteiger partial charge in [-0.1, -0.05) is 54.5 Å². The second kappa shape index (κ2) is 7.34. The van der Waals surface area contributed by atoms with Crippen LogP contribution in [0.3, 0.4) is 0 Å². The molecular weight excluding hydrogens is 254 g/mol. The van der Waals surface area contributed by atoms with Gasteiger partial charge >= 0.3 is 0 Å². The Morgan fingerprint density at radius 3 is 2.14 bits per heavy atom. The molecule has 104 valence electrons. The van der Waals surface area contributed by atoms with Gasteiger partial charge in [-0.25, -0.2) is 0 Å². The van der Waals surface area contributed by atoms with E-state index in [1.807, 2.05) is 36.4 Å². The molecule has 0 bridgehead atoms. The predicted octanol–water partition coefficient (Wildman–Crippen LogP) is 3.32. The summed E-state index contributed by atoms with van der Waals surface area (Å²) in [6, 6.07) is 20.5. The zero-order valence-corrected chi connectivity index (χ0v) is 12.4. The van der Waals surface area contributed by atoms with Gasteiger partial charge in [0, 0.05) is 11.1 Å². The molecule has 2 aromatic rings. The number of benzene rings is 2. The highest BCUT2D eigenvalue weighted by Crippen LogP contribution is 2.11. The summed E-state index contributed by atoms with van der Waals surface area (Å²) in [6.07, 6.45) is 5.54. The van der Waals surface area contributed by atoms with E-state index < -0.39 is 0 Å². The van der Waals surface area contributed by atoms with Crippen LogP contribution in [-0.2, 0) is 6.54 Å². The van der Waals surface area contributed by atoms with E-state index in [-0.39, 0.29) is 0 Å². The zero-order chi connectivity index (χ0) is 15.0. The van der Waals surface area contributed by atoms with E-state index in [2.05, 4.69) is 49.1 Å². The summed E-state index contributed by atoms with van der Waals surface area (Å²) in [7, 11) is 2.16. The number of rotatable bonds is 4. The molecular formula is C20H20N+. The Hall–Kier alpha value is -2.48. The van der Waals surface area contributed by atoms with Crippen LogP contribution in [0.1, 0.15) is 11.1 Å². The molecule has 2 aromatic carbocycles. The van der Waals surface area contributed by atoms with Crippen molar-refractivity contribution < 1.29 is 4.48 Å². The largest absolute Gasteiger partial charge is 0.302 e. The predicted molar refractivity (Wildman–Crippen MR) is 88.2 cm³/mol. The normalized spacial score (nSPS) is 12.6. The van der Waals surface area contributed by atoms with Crippen molar-refractivity contribution in [3.63, 3.8) is 0 Å². The number of terminal acetylenes is 1. The van der Waals surface area contributed by atoms with E-state index in [9.17, 15) is 0 Å². The lowest BCUT2D eigenvalue weighted by atomic mass is 10.2. The maximum absolute atomic E-state index is 5.54. The van der Waals surface area contributed by atoms with Crippen LogP contribution in [0.5, 0.6) is 0 Å². The standard InChI is InChI=1S/C20H20N/c1-3-16-21(2,18-20-13-8-5-9-14-20)17-10-15-19-11-6-4-7-12-19/h1,4-9,11-14H,16-18H2,2H3/q+1/t21-/m1/s1. The second-order valence-electron chi connectivity index (χ2n) is 5.45. The van der Waals surface area contributed by atoms with Crippen molar-refractivity contribution in [1.29, 1.82) is 0 Å². The number of hydrogen-bond acceptors (Lipinski definition) is 0. The van der Waals surface area contributed by atoms with Crippen LogP contribution >= 0.6 is 0 Å². The van der Waals surface area contributed by atoms with Crippen LogP contribution in [0.25, 0.3) is 0 Å². The molecule has 0 fully saturated rings. The van der Waals surface area contributed by atoms with E-state index in [0.29, 0.717) is 6.54 Å². The van der Waals surface area contributed by atoms with Crippen LogP contribution in [-0.4, -0.2) is 24.6 Å². The highest BCUT2D eigenvalue weighted by molar-refractivity contribution is 5.33. The van der Waals surface area contributed by atoms with Crippen LogP contribution in [0.4, 0.5) is 0 Å². The van der Waals surface area contributed by atoms with Crippen molar-refractivity contribution >= 4 is 0 Å². The van der Waals surface area contributed by atoms with Crippen molar-refractivity contribution in [2.75, 3.05) is 20.1 Å². The average Bonchev–Trinajstić information content (AvgIpc) is 2.49. The average molecular weight is 274 g/mol. The van der Waals surface area contributed by atoms with Crippen molar-refractivity contribution in [3.8, 4) is 24.2 Å². The molecule has 0 aliphatic carbocycles. The third kappa shape index (κ3) is 4.84. The quantitative estimate of drug-likeness (QED) is 0.593. The molecule has 21 heavy (non-hydrogen) atoms. The molecule has 0 N–H and O–H groups in total. The summed E-state index contributed by atoms with van der Waals surface area (Å²) in [5.41, 5.74) is 2.33. The highest BCUT2D eigenvalue weighted by Gasteiger charge is 2.19. The first-order valence-electron chi connectivity index (χ1n) is 7.07. The summed E-state index contributed by atoms with van der Waals surface area (Å²) >= 11 is 0. The molecule has 0 aromatic heterocycles. The van der Waals surface area contributed by atoms with Gasteiger partial charge in [-0.3, -0.25) is 0 Å². The summed E-state index contributed by atoms with van der Waals surface area (Å²) in [5.74, 6) is 9.27. The summed E-state index contributed by atoms with van der Waals surface area (Å²) in [4.78, 5) is 0. The smallest absolute Gasteiger partial charge is 0.142 e. The van der Waals surface area contributed by atoms with E-state index in [0.717, 1.165) is 23.1 Å². The number of hydrogen-bond donors (Lipinski definition) is 0. The molecule has 0 unspecified atom stereocenters. The van der Waals surface area contributed by atoms with E-state index in [1.165, 1.54) is 5.56 Å². The molecule has 0 spiro atoms. The fraction of sp³-hybridized carbons (Fsp3) is 0.200. The minimum Gasteiger partial charge on any atom is -0.302 e. The van der Waals surface area contributed by atoms with E-state index in [1.54, 1.807) is 0 Å². The Morgan fingerprint density at radius 1 is 0.905 bits per heavy atom. The summed E-state index contributed by atoms with van der Waals surface area (Å²) < 4.78 is 0.736. The molecule has 1 nitrogen and oxygen atoms in total. The molecule has 2 rings (SSSR count). The van der Waals surface area contributed by atoms with Crippen LogP contribution in [0.2, 0.25) is 0 Å². The molecule has 0 heterocycles. The Labute approximate surface area is 127 Å². The third-order valence-electron chi connectivity index (χ3n) is 3.35. The first-order chi connectivity index (χ1) is 10.2. The van der Waals surface area contributed by atoms with Crippen molar-refractivity contribution in [3.05, 3.63) is 71.8 Å².